The molecule has 1 amide bonds. The van der Waals surface area contributed by atoms with Crippen LogP contribution in [0.2, 0.25) is 0 Å². The summed E-state index contributed by atoms with van der Waals surface area (Å²) in [5.41, 5.74) is 4.76. The maximum absolute atomic E-state index is 13.2. The van der Waals surface area contributed by atoms with Crippen LogP contribution in [0.5, 0.6) is 0 Å². The molecule has 38 heavy (non-hydrogen) atoms. The third-order valence-corrected chi connectivity index (χ3v) is 8.92. The molecule has 3 aromatic carbocycles. The molecule has 1 aliphatic rings. The van der Waals surface area contributed by atoms with E-state index in [2.05, 4.69) is 103 Å². The van der Waals surface area contributed by atoms with Gasteiger partial charge < -0.3 is 9.64 Å². The molecule has 1 fully saturated rings. The quantitative estimate of drug-likeness (QED) is 0.187. The normalized spacial score (nSPS) is 17.3. The third-order valence-electron chi connectivity index (χ3n) is 7.19. The van der Waals surface area contributed by atoms with Gasteiger partial charge in [0.05, 0.1) is 4.75 Å². The first kappa shape index (κ1) is 25.9. The van der Waals surface area contributed by atoms with E-state index in [9.17, 15) is 4.79 Å². The summed E-state index contributed by atoms with van der Waals surface area (Å²) < 4.78 is 6.97. The first-order chi connectivity index (χ1) is 18.6. The number of aromatic nitrogens is 2. The predicted molar refractivity (Wildman–Crippen MR) is 154 cm³/mol. The lowest BCUT2D eigenvalue weighted by Crippen LogP contribution is -2.38. The fraction of sp³-hybridized carbons (Fsp3) is 0.250. The van der Waals surface area contributed by atoms with Crippen LogP contribution in [0.3, 0.4) is 0 Å². The summed E-state index contributed by atoms with van der Waals surface area (Å²) in [6.45, 7) is 4.51. The summed E-state index contributed by atoms with van der Waals surface area (Å²) in [7, 11) is 1.95. The fourth-order valence-electron chi connectivity index (χ4n) is 5.41. The molecule has 0 aliphatic carbocycles. The maximum Gasteiger partial charge on any atom is 0.410 e. The SMILES string of the molecule is C=CCOC(=O)N1C[C@@H](SC(c2ccccc2)(c2ccccc2)c2ccccc2)C[C@H]1Cc1ccnn1C. The molecular weight excluding hydrogens is 490 g/mol. The van der Waals surface area contributed by atoms with Crippen molar-refractivity contribution in [2.75, 3.05) is 13.2 Å². The molecule has 0 unspecified atom stereocenters. The summed E-state index contributed by atoms with van der Waals surface area (Å²) in [5, 5.41) is 4.52. The first-order valence-electron chi connectivity index (χ1n) is 13.0. The fourth-order valence-corrected chi connectivity index (χ4v) is 7.28. The number of likely N-dealkylation sites (tertiary alicyclic amines) is 1. The van der Waals surface area contributed by atoms with E-state index in [4.69, 9.17) is 4.74 Å². The number of nitrogens with zero attached hydrogens (tertiary/aromatic N) is 3. The Labute approximate surface area is 229 Å². The second-order valence-electron chi connectivity index (χ2n) is 9.58. The van der Waals surface area contributed by atoms with Crippen molar-refractivity contribution in [2.24, 2.45) is 7.05 Å². The topological polar surface area (TPSA) is 47.4 Å². The third kappa shape index (κ3) is 5.27. The largest absolute Gasteiger partial charge is 0.445 e. The molecular formula is C32H33N3O2S. The van der Waals surface area contributed by atoms with Crippen molar-refractivity contribution in [3.05, 3.63) is 138 Å². The zero-order valence-electron chi connectivity index (χ0n) is 21.6. The summed E-state index contributed by atoms with van der Waals surface area (Å²) in [6, 6.07) is 34.1. The number of hydrogen-bond donors (Lipinski definition) is 0. The molecule has 0 N–H and O–H groups in total. The Morgan fingerprint density at radius 3 is 2.00 bits per heavy atom. The molecule has 2 heterocycles. The Morgan fingerprint density at radius 2 is 1.53 bits per heavy atom. The molecule has 5 nitrogen and oxygen atoms in total. The van der Waals surface area contributed by atoms with Crippen molar-refractivity contribution in [3.8, 4) is 0 Å². The Balaban J connectivity index is 1.55. The van der Waals surface area contributed by atoms with Crippen LogP contribution in [-0.4, -0.2) is 45.2 Å². The Morgan fingerprint density at radius 1 is 0.974 bits per heavy atom. The van der Waals surface area contributed by atoms with Crippen LogP contribution in [0, 0.1) is 0 Å². The minimum absolute atomic E-state index is 0.0141. The molecule has 194 valence electrons. The maximum atomic E-state index is 13.2. The summed E-state index contributed by atoms with van der Waals surface area (Å²) in [4.78, 5) is 15.1. The standard InChI is InChI=1S/C32H33N3O2S/c1-3-21-37-31(36)35-24-30(23-29(35)22-28-19-20-33-34(28)2)38-32(25-13-7-4-8-14-25,26-15-9-5-10-16-26)27-17-11-6-12-18-27/h3-20,29-30H,1,21-24H2,2H3/t29-,30+/m1/s1. The number of carbonyl (C=O) groups is 1. The number of rotatable bonds is 9. The van der Waals surface area contributed by atoms with Crippen molar-refractivity contribution in [3.63, 3.8) is 0 Å². The number of aryl methyl sites for hydroxylation is 1. The van der Waals surface area contributed by atoms with Crippen molar-refractivity contribution < 1.29 is 9.53 Å². The minimum Gasteiger partial charge on any atom is -0.445 e. The van der Waals surface area contributed by atoms with Crippen LogP contribution in [0.25, 0.3) is 0 Å². The molecule has 0 saturated carbocycles. The van der Waals surface area contributed by atoms with Gasteiger partial charge in [0.25, 0.3) is 0 Å². The van der Waals surface area contributed by atoms with Crippen molar-refractivity contribution >= 4 is 17.9 Å². The van der Waals surface area contributed by atoms with Crippen LogP contribution in [-0.2, 0) is 23.0 Å². The van der Waals surface area contributed by atoms with Crippen molar-refractivity contribution in [1.29, 1.82) is 0 Å². The Bertz CT molecular complexity index is 1240. The van der Waals surface area contributed by atoms with Gasteiger partial charge in [-0.25, -0.2) is 4.79 Å². The highest BCUT2D eigenvalue weighted by Crippen LogP contribution is 2.52. The van der Waals surface area contributed by atoms with Gasteiger partial charge in [-0.15, -0.1) is 11.8 Å². The van der Waals surface area contributed by atoms with E-state index >= 15 is 0 Å². The number of amides is 1. The second kappa shape index (κ2) is 11.7. The smallest absolute Gasteiger partial charge is 0.410 e. The van der Waals surface area contributed by atoms with Gasteiger partial charge in [0, 0.05) is 43.2 Å². The predicted octanol–water partition coefficient (Wildman–Crippen LogP) is 6.45. The Kier molecular flexibility index (Phi) is 7.99. The average molecular weight is 524 g/mol. The van der Waals surface area contributed by atoms with Crippen LogP contribution >= 0.6 is 11.8 Å². The number of thioether (sulfide) groups is 1. The van der Waals surface area contributed by atoms with E-state index in [1.807, 2.05) is 40.7 Å². The lowest BCUT2D eigenvalue weighted by Gasteiger charge is -2.37. The van der Waals surface area contributed by atoms with E-state index in [0.717, 1.165) is 18.5 Å². The van der Waals surface area contributed by atoms with E-state index < -0.39 is 4.75 Å². The molecule has 2 atom stereocenters. The van der Waals surface area contributed by atoms with E-state index in [0.29, 0.717) is 6.54 Å². The van der Waals surface area contributed by atoms with Gasteiger partial charge in [-0.1, -0.05) is 104 Å². The molecule has 0 bridgehead atoms. The highest BCUT2D eigenvalue weighted by atomic mass is 32.2. The minimum atomic E-state index is -0.438. The van der Waals surface area contributed by atoms with Gasteiger partial charge in [0.1, 0.15) is 6.61 Å². The van der Waals surface area contributed by atoms with Crippen LogP contribution in [0.15, 0.2) is 116 Å². The molecule has 1 saturated heterocycles. The summed E-state index contributed by atoms with van der Waals surface area (Å²) >= 11 is 1.93. The molecule has 5 rings (SSSR count). The lowest BCUT2D eigenvalue weighted by atomic mass is 9.84. The van der Waals surface area contributed by atoms with E-state index in [-0.39, 0.29) is 24.0 Å². The van der Waals surface area contributed by atoms with Crippen molar-refractivity contribution in [1.82, 2.24) is 14.7 Å². The lowest BCUT2D eigenvalue weighted by molar-refractivity contribution is 0.108. The van der Waals surface area contributed by atoms with Gasteiger partial charge >= 0.3 is 6.09 Å². The number of hydrogen-bond acceptors (Lipinski definition) is 4. The van der Waals surface area contributed by atoms with Crippen LogP contribution < -0.4 is 0 Å². The molecule has 1 aliphatic heterocycles. The number of benzene rings is 3. The van der Waals surface area contributed by atoms with Gasteiger partial charge in [0.15, 0.2) is 0 Å². The zero-order chi connectivity index (χ0) is 26.4. The van der Waals surface area contributed by atoms with E-state index in [1.165, 1.54) is 16.7 Å². The monoisotopic (exact) mass is 523 g/mol. The van der Waals surface area contributed by atoms with Crippen LogP contribution in [0.4, 0.5) is 4.79 Å². The highest BCUT2D eigenvalue weighted by Gasteiger charge is 2.44. The van der Waals surface area contributed by atoms with Gasteiger partial charge in [-0.2, -0.15) is 5.10 Å². The molecule has 0 spiro atoms. The molecule has 6 heteroatoms. The highest BCUT2D eigenvalue weighted by molar-refractivity contribution is 8.01. The van der Waals surface area contributed by atoms with Gasteiger partial charge in [-0.05, 0) is 29.2 Å². The number of carbonyl (C=O) groups excluding carboxylic acids is 1. The van der Waals surface area contributed by atoms with Crippen molar-refractivity contribution in [2.45, 2.75) is 28.9 Å². The Hall–Kier alpha value is -3.77. The van der Waals surface area contributed by atoms with Gasteiger partial charge in [0.2, 0.25) is 0 Å². The number of ether oxygens (including phenoxy) is 1. The van der Waals surface area contributed by atoms with Crippen LogP contribution in [0.1, 0.15) is 28.8 Å². The zero-order valence-corrected chi connectivity index (χ0v) is 22.5. The summed E-state index contributed by atoms with van der Waals surface area (Å²) in [5.74, 6) is 0. The average Bonchev–Trinajstić information content (AvgIpc) is 3.57. The van der Waals surface area contributed by atoms with Gasteiger partial charge in [-0.3, -0.25) is 4.68 Å². The first-order valence-corrected chi connectivity index (χ1v) is 13.9. The molecule has 0 radical (unpaired) electrons. The van der Waals surface area contributed by atoms with E-state index in [1.54, 1.807) is 6.08 Å². The summed E-state index contributed by atoms with van der Waals surface area (Å²) in [6.07, 6.45) is 4.72. The second-order valence-corrected chi connectivity index (χ2v) is 11.1. The molecule has 1 aromatic heterocycles. The molecule has 4 aromatic rings.